The van der Waals surface area contributed by atoms with Crippen molar-refractivity contribution in [2.75, 3.05) is 6.54 Å². The van der Waals surface area contributed by atoms with E-state index in [4.69, 9.17) is 15.6 Å². The predicted molar refractivity (Wildman–Crippen MR) is 106 cm³/mol. The molecule has 154 valence electrons. The Balaban J connectivity index is 1.99. The molecule has 10 heteroatoms. The van der Waals surface area contributed by atoms with Crippen LogP contribution in [0.2, 0.25) is 0 Å². The summed E-state index contributed by atoms with van der Waals surface area (Å²) in [4.78, 5) is 46.5. The van der Waals surface area contributed by atoms with E-state index >= 15 is 0 Å². The second kappa shape index (κ2) is 7.95. The molecule has 2 amide bonds. The van der Waals surface area contributed by atoms with E-state index in [9.17, 15) is 24.3 Å². The number of primary amides is 1. The minimum Gasteiger partial charge on any atom is -0.506 e. The molecule has 0 saturated carbocycles. The number of aromatic nitrogens is 1. The highest BCUT2D eigenvalue weighted by atomic mass is 16.5. The summed E-state index contributed by atoms with van der Waals surface area (Å²) >= 11 is 0. The Morgan fingerprint density at radius 2 is 1.73 bits per heavy atom. The SMILES string of the molecule is Cn1c(=O)c(C(=O)NCC(=O)O)c(O)c2ccc(Oc3ccc(C(N)=O)cc3)cc21. The fourth-order valence-electron chi connectivity index (χ4n) is 2.84. The van der Waals surface area contributed by atoms with Crippen molar-refractivity contribution in [1.82, 2.24) is 9.88 Å². The van der Waals surface area contributed by atoms with Gasteiger partial charge in [-0.1, -0.05) is 0 Å². The van der Waals surface area contributed by atoms with Crippen molar-refractivity contribution in [3.63, 3.8) is 0 Å². The number of nitrogens with one attached hydrogen (secondary N) is 1. The number of aromatic hydroxyl groups is 1. The van der Waals surface area contributed by atoms with Gasteiger partial charge < -0.3 is 30.6 Å². The zero-order valence-electron chi connectivity index (χ0n) is 15.7. The summed E-state index contributed by atoms with van der Waals surface area (Å²) in [7, 11) is 1.41. The number of fused-ring (bicyclic) bond motifs is 1. The number of nitrogens with zero attached hydrogens (tertiary/aromatic N) is 1. The van der Waals surface area contributed by atoms with Crippen LogP contribution in [0.3, 0.4) is 0 Å². The molecule has 0 spiro atoms. The molecule has 3 rings (SSSR count). The molecule has 0 aliphatic rings. The van der Waals surface area contributed by atoms with Gasteiger partial charge in [-0.3, -0.25) is 19.2 Å². The maximum Gasteiger partial charge on any atom is 0.322 e. The van der Waals surface area contributed by atoms with E-state index in [1.54, 1.807) is 12.1 Å². The van der Waals surface area contributed by atoms with Gasteiger partial charge in [-0.15, -0.1) is 0 Å². The molecule has 0 radical (unpaired) electrons. The summed E-state index contributed by atoms with van der Waals surface area (Å²) in [6, 6.07) is 10.6. The lowest BCUT2D eigenvalue weighted by molar-refractivity contribution is -0.135. The van der Waals surface area contributed by atoms with Crippen molar-refractivity contribution >= 4 is 28.7 Å². The van der Waals surface area contributed by atoms with Crippen LogP contribution in [-0.4, -0.2) is 39.1 Å². The topological polar surface area (TPSA) is 161 Å². The number of carboxylic acids is 1. The van der Waals surface area contributed by atoms with Crippen LogP contribution in [0.1, 0.15) is 20.7 Å². The first kappa shape index (κ1) is 20.4. The molecular formula is C20H17N3O7. The van der Waals surface area contributed by atoms with Gasteiger partial charge in [0.05, 0.1) is 5.52 Å². The summed E-state index contributed by atoms with van der Waals surface area (Å²) in [5, 5.41) is 21.4. The predicted octanol–water partition coefficient (Wildman–Crippen LogP) is 0.950. The van der Waals surface area contributed by atoms with Crippen molar-refractivity contribution in [3.05, 3.63) is 63.9 Å². The fourth-order valence-corrected chi connectivity index (χ4v) is 2.84. The maximum atomic E-state index is 12.6. The third-order valence-electron chi connectivity index (χ3n) is 4.34. The highest BCUT2D eigenvalue weighted by Crippen LogP contribution is 2.31. The van der Waals surface area contributed by atoms with E-state index in [0.717, 1.165) is 4.57 Å². The molecule has 0 unspecified atom stereocenters. The Labute approximate surface area is 169 Å². The summed E-state index contributed by atoms with van der Waals surface area (Å²) < 4.78 is 6.85. The van der Waals surface area contributed by atoms with Crippen LogP contribution in [-0.2, 0) is 11.8 Å². The number of pyridine rings is 1. The number of carbonyl (C=O) groups is 3. The Kier molecular flexibility index (Phi) is 5.41. The van der Waals surface area contributed by atoms with Crippen molar-refractivity contribution < 1.29 is 29.3 Å². The average Bonchev–Trinajstić information content (AvgIpc) is 2.71. The van der Waals surface area contributed by atoms with Gasteiger partial charge in [0.15, 0.2) is 0 Å². The van der Waals surface area contributed by atoms with E-state index < -0.39 is 41.2 Å². The van der Waals surface area contributed by atoms with Crippen LogP contribution in [0, 0.1) is 0 Å². The van der Waals surface area contributed by atoms with Crippen LogP contribution < -0.4 is 21.3 Å². The maximum absolute atomic E-state index is 12.6. The van der Waals surface area contributed by atoms with Gasteiger partial charge in [0.2, 0.25) is 5.91 Å². The lowest BCUT2D eigenvalue weighted by Gasteiger charge is -2.13. The molecule has 0 aliphatic carbocycles. The average molecular weight is 411 g/mol. The molecule has 10 nitrogen and oxygen atoms in total. The Bertz CT molecular complexity index is 1230. The number of rotatable bonds is 6. The largest absolute Gasteiger partial charge is 0.506 e. The second-order valence-corrected chi connectivity index (χ2v) is 6.33. The normalized spacial score (nSPS) is 10.6. The number of aliphatic carboxylic acids is 1. The number of carbonyl (C=O) groups excluding carboxylic acids is 2. The molecule has 1 heterocycles. The monoisotopic (exact) mass is 411 g/mol. The van der Waals surface area contributed by atoms with E-state index in [0.29, 0.717) is 22.6 Å². The smallest absolute Gasteiger partial charge is 0.322 e. The van der Waals surface area contributed by atoms with Crippen molar-refractivity contribution in [3.8, 4) is 17.2 Å². The summed E-state index contributed by atoms with van der Waals surface area (Å²) in [6.45, 7) is -0.694. The molecule has 1 aromatic heterocycles. The molecule has 0 atom stereocenters. The molecule has 5 N–H and O–H groups in total. The fraction of sp³-hybridized carbons (Fsp3) is 0.100. The van der Waals surface area contributed by atoms with Gasteiger partial charge in [0.25, 0.3) is 11.5 Å². The summed E-state index contributed by atoms with van der Waals surface area (Å²) in [5.41, 5.74) is 4.46. The molecule has 2 aromatic carbocycles. The first-order chi connectivity index (χ1) is 14.2. The highest BCUT2D eigenvalue weighted by molar-refractivity contribution is 6.03. The van der Waals surface area contributed by atoms with Gasteiger partial charge in [-0.25, -0.2) is 0 Å². The molecule has 0 bridgehead atoms. The number of ether oxygens (including phenoxy) is 1. The van der Waals surface area contributed by atoms with Crippen LogP contribution in [0.25, 0.3) is 10.9 Å². The lowest BCUT2D eigenvalue weighted by atomic mass is 10.1. The number of nitrogens with two attached hydrogens (primary N) is 1. The van der Waals surface area contributed by atoms with Gasteiger partial charge >= 0.3 is 5.97 Å². The third-order valence-corrected chi connectivity index (χ3v) is 4.34. The minimum absolute atomic E-state index is 0.203. The van der Waals surface area contributed by atoms with Crippen molar-refractivity contribution in [2.45, 2.75) is 0 Å². The number of benzene rings is 2. The van der Waals surface area contributed by atoms with E-state index in [2.05, 4.69) is 5.32 Å². The zero-order chi connectivity index (χ0) is 22.0. The standard InChI is InChI=1S/C20H17N3O7/c1-23-14-8-12(30-11-4-2-10(3-5-11)18(21)27)6-7-13(14)17(26)16(20(23)29)19(28)22-9-15(24)25/h2-8,26H,9H2,1H3,(H2,21,27)(H,22,28)(H,24,25). The van der Waals surface area contributed by atoms with Crippen LogP contribution in [0.15, 0.2) is 47.3 Å². The van der Waals surface area contributed by atoms with Crippen LogP contribution in [0.5, 0.6) is 17.2 Å². The van der Waals surface area contributed by atoms with Gasteiger partial charge in [-0.2, -0.15) is 0 Å². The van der Waals surface area contributed by atoms with E-state index in [1.807, 2.05) is 0 Å². The first-order valence-electron chi connectivity index (χ1n) is 8.62. The van der Waals surface area contributed by atoms with Crippen molar-refractivity contribution in [2.24, 2.45) is 12.8 Å². The summed E-state index contributed by atoms with van der Waals surface area (Å²) in [6.07, 6.45) is 0. The van der Waals surface area contributed by atoms with E-state index in [-0.39, 0.29) is 5.39 Å². The second-order valence-electron chi connectivity index (χ2n) is 6.33. The Morgan fingerprint density at radius 1 is 1.10 bits per heavy atom. The first-order valence-corrected chi connectivity index (χ1v) is 8.62. The van der Waals surface area contributed by atoms with Crippen LogP contribution >= 0.6 is 0 Å². The number of amides is 2. The molecular weight excluding hydrogens is 394 g/mol. The Hall–Kier alpha value is -4.34. The molecule has 0 saturated heterocycles. The van der Waals surface area contributed by atoms with E-state index in [1.165, 1.54) is 37.4 Å². The third kappa shape index (κ3) is 3.92. The highest BCUT2D eigenvalue weighted by Gasteiger charge is 2.22. The number of hydrogen-bond donors (Lipinski definition) is 4. The quantitative estimate of drug-likeness (QED) is 0.469. The Morgan fingerprint density at radius 3 is 2.33 bits per heavy atom. The minimum atomic E-state index is -1.29. The number of aryl methyl sites for hydroxylation is 1. The van der Waals surface area contributed by atoms with Crippen LogP contribution in [0.4, 0.5) is 0 Å². The lowest BCUT2D eigenvalue weighted by Crippen LogP contribution is -2.35. The molecule has 3 aromatic rings. The summed E-state index contributed by atoms with van der Waals surface area (Å²) in [5.74, 6) is -2.65. The van der Waals surface area contributed by atoms with Crippen molar-refractivity contribution in [1.29, 1.82) is 0 Å². The number of carboxylic acid groups (broad SMARTS) is 1. The van der Waals surface area contributed by atoms with Gasteiger partial charge in [0, 0.05) is 24.1 Å². The van der Waals surface area contributed by atoms with Gasteiger partial charge in [-0.05, 0) is 36.4 Å². The number of hydrogen-bond acceptors (Lipinski definition) is 6. The zero-order valence-corrected chi connectivity index (χ0v) is 15.7. The van der Waals surface area contributed by atoms with Gasteiger partial charge in [0.1, 0.15) is 29.4 Å². The molecule has 0 aliphatic heterocycles. The molecule has 0 fully saturated rings. The molecule has 30 heavy (non-hydrogen) atoms.